The van der Waals surface area contributed by atoms with Crippen LogP contribution in [0, 0.1) is 12.1 Å². The van der Waals surface area contributed by atoms with Gasteiger partial charge in [-0.1, -0.05) is 131 Å². The first kappa shape index (κ1) is 39.8. The maximum atomic E-state index is 6.55. The van der Waals surface area contributed by atoms with Gasteiger partial charge in [0.2, 0.25) is 5.71 Å². The molecule has 0 spiro atoms. The molecule has 0 N–H and O–H groups in total. The molecule has 0 saturated carbocycles. The molecule has 0 amide bonds. The van der Waals surface area contributed by atoms with Crippen molar-refractivity contribution in [1.29, 1.82) is 0 Å². The van der Waals surface area contributed by atoms with Gasteiger partial charge in [0.1, 0.15) is 0 Å². The quantitative estimate of drug-likeness (QED) is 0.118. The fraction of sp³-hybridized carbons (Fsp3) is 0.180. The third-order valence-corrected chi connectivity index (χ3v) is 12.4. The van der Waals surface area contributed by atoms with Gasteiger partial charge >= 0.3 is 0 Å². The Labute approximate surface area is 350 Å². The molecule has 5 aromatic carbocycles. The SMILES string of the molecule is CC(C)c1cccc(C(C)C)c1-n1c(-c2[c-]ccc3c2oc2nc(-c4ccccc4)ccc23)nc2ccccc21.C[Si](C)(C)c1ccc(-c2[c-]cccc2)nc1.[Ir]. The van der Waals surface area contributed by atoms with Crippen LogP contribution in [0.4, 0.5) is 0 Å². The zero-order chi connectivity index (χ0) is 39.0. The summed E-state index contributed by atoms with van der Waals surface area (Å²) < 4.78 is 8.87. The van der Waals surface area contributed by atoms with Crippen molar-refractivity contribution >= 4 is 46.4 Å². The van der Waals surface area contributed by atoms with E-state index in [1.165, 1.54) is 22.0 Å². The fourth-order valence-electron chi connectivity index (χ4n) is 7.30. The Bertz CT molecular complexity index is 2760. The first-order valence-electron chi connectivity index (χ1n) is 19.4. The number of pyridine rings is 2. The van der Waals surface area contributed by atoms with Crippen molar-refractivity contribution in [3.05, 3.63) is 163 Å². The fourth-order valence-corrected chi connectivity index (χ4v) is 8.33. The van der Waals surface area contributed by atoms with Crippen molar-refractivity contribution < 1.29 is 24.5 Å². The third-order valence-electron chi connectivity index (χ3n) is 10.3. The van der Waals surface area contributed by atoms with Gasteiger partial charge < -0.3 is 14.0 Å². The standard InChI is InChI=1S/C36H30N3O.C14H16NSi.Ir/c1-22(2)25-14-10-15-26(23(3)4)33(25)39-32-19-9-8-18-31(32)37-35(39)29-17-11-16-27-28-20-21-30(24-12-6-5-7-13-24)38-36(28)40-34(27)29;1-16(2,3)13-9-10-14(15-11-13)12-7-5-4-6-8-12;/h5-16,18-23H,1-4H3;4-7,9-11H,1-3H3;/q2*-1;. The molecule has 4 aromatic heterocycles. The Kier molecular flexibility index (Phi) is 11.6. The van der Waals surface area contributed by atoms with Crippen molar-refractivity contribution in [3.8, 4) is 39.6 Å². The van der Waals surface area contributed by atoms with Crippen LogP contribution in [-0.4, -0.2) is 27.6 Å². The molecule has 0 atom stereocenters. The van der Waals surface area contributed by atoms with Gasteiger partial charge in [-0.15, -0.1) is 54.1 Å². The molecule has 9 aromatic rings. The summed E-state index contributed by atoms with van der Waals surface area (Å²) in [7, 11) is -1.23. The van der Waals surface area contributed by atoms with Crippen LogP contribution in [0.2, 0.25) is 19.6 Å². The van der Waals surface area contributed by atoms with Gasteiger partial charge in [-0.25, -0.2) is 4.98 Å². The number of benzene rings is 5. The summed E-state index contributed by atoms with van der Waals surface area (Å²) in [4.78, 5) is 14.6. The van der Waals surface area contributed by atoms with Gasteiger partial charge in [0.15, 0.2) is 0 Å². The van der Waals surface area contributed by atoms with E-state index in [1.807, 2.05) is 60.8 Å². The molecule has 57 heavy (non-hydrogen) atoms. The first-order chi connectivity index (χ1) is 27.1. The molecule has 0 aliphatic rings. The average molecular weight is 939 g/mol. The summed E-state index contributed by atoms with van der Waals surface area (Å²) in [5.41, 5.74) is 12.0. The zero-order valence-corrected chi connectivity index (χ0v) is 36.9. The molecule has 0 aliphatic carbocycles. The van der Waals surface area contributed by atoms with E-state index in [-0.39, 0.29) is 20.1 Å². The van der Waals surface area contributed by atoms with Crippen LogP contribution < -0.4 is 5.19 Å². The summed E-state index contributed by atoms with van der Waals surface area (Å²) in [6, 6.07) is 52.3. The Morgan fingerprint density at radius 3 is 2.00 bits per heavy atom. The Balaban J connectivity index is 0.000000246. The normalized spacial score (nSPS) is 11.6. The minimum Gasteiger partial charge on any atom is -0.486 e. The van der Waals surface area contributed by atoms with Gasteiger partial charge in [0, 0.05) is 42.9 Å². The number of nitrogens with zero attached hydrogens (tertiary/aromatic N) is 4. The molecule has 7 heteroatoms. The molecule has 0 saturated heterocycles. The van der Waals surface area contributed by atoms with Crippen LogP contribution in [0.3, 0.4) is 0 Å². The van der Waals surface area contributed by atoms with Gasteiger partial charge in [-0.3, -0.25) is 4.98 Å². The van der Waals surface area contributed by atoms with Crippen LogP contribution in [-0.2, 0) is 20.1 Å². The van der Waals surface area contributed by atoms with E-state index >= 15 is 0 Å². The summed E-state index contributed by atoms with van der Waals surface area (Å²) >= 11 is 0. The minimum atomic E-state index is -1.23. The van der Waals surface area contributed by atoms with E-state index in [0.29, 0.717) is 17.5 Å². The van der Waals surface area contributed by atoms with Crippen molar-refractivity contribution in [2.75, 3.05) is 0 Å². The first-order valence-corrected chi connectivity index (χ1v) is 22.9. The second-order valence-corrected chi connectivity index (χ2v) is 21.0. The second kappa shape index (κ2) is 16.6. The van der Waals surface area contributed by atoms with Crippen LogP contribution in [0.5, 0.6) is 0 Å². The van der Waals surface area contributed by atoms with Gasteiger partial charge in [0.05, 0.1) is 36.2 Å². The molecule has 9 rings (SSSR count). The van der Waals surface area contributed by atoms with Crippen LogP contribution in [0.1, 0.15) is 50.7 Å². The van der Waals surface area contributed by atoms with E-state index in [4.69, 9.17) is 14.4 Å². The summed E-state index contributed by atoms with van der Waals surface area (Å²) in [5.74, 6) is 1.51. The van der Waals surface area contributed by atoms with Crippen molar-refractivity contribution in [2.24, 2.45) is 0 Å². The van der Waals surface area contributed by atoms with E-state index in [0.717, 1.165) is 61.3 Å². The molecule has 287 valence electrons. The number of imidazole rings is 1. The number of fused-ring (bicyclic) bond motifs is 4. The van der Waals surface area contributed by atoms with E-state index in [9.17, 15) is 0 Å². The number of furan rings is 1. The number of aromatic nitrogens is 4. The predicted molar refractivity (Wildman–Crippen MR) is 236 cm³/mol. The second-order valence-electron chi connectivity index (χ2n) is 15.9. The maximum Gasteiger partial charge on any atom is 0.216 e. The zero-order valence-electron chi connectivity index (χ0n) is 33.5. The third kappa shape index (κ3) is 7.93. The topological polar surface area (TPSA) is 56.7 Å². The van der Waals surface area contributed by atoms with Crippen molar-refractivity contribution in [1.82, 2.24) is 19.5 Å². The van der Waals surface area contributed by atoms with Gasteiger partial charge in [-0.2, -0.15) is 0 Å². The van der Waals surface area contributed by atoms with E-state index in [1.54, 1.807) is 0 Å². The van der Waals surface area contributed by atoms with Crippen molar-refractivity contribution in [2.45, 2.75) is 59.2 Å². The largest absolute Gasteiger partial charge is 0.486 e. The number of hydrogen-bond donors (Lipinski definition) is 0. The van der Waals surface area contributed by atoms with Gasteiger partial charge in [-0.05, 0) is 58.1 Å². The Morgan fingerprint density at radius 2 is 1.33 bits per heavy atom. The molecular formula is C50H46IrN4OSi-2. The van der Waals surface area contributed by atoms with E-state index < -0.39 is 8.07 Å². The molecule has 0 fully saturated rings. The average Bonchev–Trinajstić information content (AvgIpc) is 3.79. The summed E-state index contributed by atoms with van der Waals surface area (Å²) in [6.07, 6.45) is 2.02. The molecule has 1 radical (unpaired) electrons. The number of rotatable bonds is 7. The molecule has 4 heterocycles. The Hall–Kier alpha value is -5.46. The van der Waals surface area contributed by atoms with Crippen LogP contribution in [0.25, 0.3) is 72.7 Å². The molecule has 5 nitrogen and oxygen atoms in total. The smallest absolute Gasteiger partial charge is 0.216 e. The van der Waals surface area contributed by atoms with Gasteiger partial charge in [0.25, 0.3) is 0 Å². The number of para-hydroxylation sites is 3. The molecule has 0 bridgehead atoms. The minimum absolute atomic E-state index is 0. The van der Waals surface area contributed by atoms with Crippen molar-refractivity contribution in [3.63, 3.8) is 0 Å². The predicted octanol–water partition coefficient (Wildman–Crippen LogP) is 12.8. The Morgan fingerprint density at radius 1 is 0.632 bits per heavy atom. The summed E-state index contributed by atoms with van der Waals surface area (Å²) in [5, 5.41) is 3.39. The maximum absolute atomic E-state index is 6.55. The van der Waals surface area contributed by atoms with Crippen LogP contribution in [0.15, 0.2) is 144 Å². The summed E-state index contributed by atoms with van der Waals surface area (Å²) in [6.45, 7) is 16.0. The number of hydrogen-bond acceptors (Lipinski definition) is 4. The van der Waals surface area contributed by atoms with E-state index in [2.05, 4.69) is 148 Å². The monoisotopic (exact) mass is 939 g/mol. The molecular weight excluding hydrogens is 893 g/mol. The molecule has 0 unspecified atom stereocenters. The molecule has 0 aliphatic heterocycles. The van der Waals surface area contributed by atoms with Crippen LogP contribution >= 0.6 is 0 Å².